The first-order valence-corrected chi connectivity index (χ1v) is 8.72. The summed E-state index contributed by atoms with van der Waals surface area (Å²) in [5.74, 6) is 0.415. The van der Waals surface area contributed by atoms with Gasteiger partial charge >= 0.3 is 0 Å². The molecule has 7 nitrogen and oxygen atoms in total. The van der Waals surface area contributed by atoms with Crippen molar-refractivity contribution in [1.82, 2.24) is 14.2 Å². The average molecular weight is 329 g/mol. The van der Waals surface area contributed by atoms with Crippen molar-refractivity contribution in [1.29, 1.82) is 0 Å². The lowest BCUT2D eigenvalue weighted by molar-refractivity contribution is 0.148. The molecule has 124 valence electrons. The molecular formula is C14H23N3O4S. The smallest absolute Gasteiger partial charge is 0.214 e. The molecule has 1 fully saturated rings. The standard InChI is InChI=1S/C14H23N3O4S/c1-16(2)22(19,20)10-11-7-17(9-14(11)18)8-12-6-13(21-3)4-5-15-12/h4-6,11,14,18H,7-10H2,1-3H3/t11-,14+/m0/s1. The predicted octanol–water partition coefficient (Wildman–Crippen LogP) is -0.226. The van der Waals surface area contributed by atoms with Crippen LogP contribution in [0.4, 0.5) is 0 Å². The van der Waals surface area contributed by atoms with Gasteiger partial charge in [-0.3, -0.25) is 9.88 Å². The molecule has 0 aliphatic carbocycles. The molecule has 1 saturated heterocycles. The van der Waals surface area contributed by atoms with Crippen LogP contribution in [0.3, 0.4) is 0 Å². The van der Waals surface area contributed by atoms with E-state index in [1.54, 1.807) is 19.4 Å². The van der Waals surface area contributed by atoms with Gasteiger partial charge in [0, 0.05) is 51.9 Å². The fourth-order valence-electron chi connectivity index (χ4n) is 2.55. The monoisotopic (exact) mass is 329 g/mol. The van der Waals surface area contributed by atoms with Crippen molar-refractivity contribution in [2.24, 2.45) is 5.92 Å². The molecule has 0 aromatic carbocycles. The minimum Gasteiger partial charge on any atom is -0.497 e. The van der Waals surface area contributed by atoms with Gasteiger partial charge in [-0.15, -0.1) is 0 Å². The van der Waals surface area contributed by atoms with Crippen molar-refractivity contribution in [2.45, 2.75) is 12.6 Å². The van der Waals surface area contributed by atoms with Crippen LogP contribution in [-0.4, -0.2) is 73.9 Å². The first kappa shape index (κ1) is 17.1. The second kappa shape index (κ2) is 6.91. The zero-order valence-corrected chi connectivity index (χ0v) is 14.0. The van der Waals surface area contributed by atoms with E-state index in [9.17, 15) is 13.5 Å². The number of rotatable bonds is 6. The summed E-state index contributed by atoms with van der Waals surface area (Å²) >= 11 is 0. The molecule has 22 heavy (non-hydrogen) atoms. The average Bonchev–Trinajstić information content (AvgIpc) is 2.78. The van der Waals surface area contributed by atoms with Crippen LogP contribution < -0.4 is 4.74 Å². The number of aliphatic hydroxyl groups excluding tert-OH is 1. The number of hydrogen-bond donors (Lipinski definition) is 1. The first-order valence-electron chi connectivity index (χ1n) is 7.11. The molecule has 2 heterocycles. The maximum absolute atomic E-state index is 11.9. The summed E-state index contributed by atoms with van der Waals surface area (Å²) in [7, 11) is 1.30. The minimum absolute atomic E-state index is 0.0385. The Balaban J connectivity index is 1.98. The molecule has 0 radical (unpaired) electrons. The number of pyridine rings is 1. The lowest BCUT2D eigenvalue weighted by Crippen LogP contribution is -2.33. The first-order chi connectivity index (χ1) is 10.3. The van der Waals surface area contributed by atoms with Crippen LogP contribution in [0.25, 0.3) is 0 Å². The van der Waals surface area contributed by atoms with E-state index >= 15 is 0 Å². The predicted molar refractivity (Wildman–Crippen MR) is 83.0 cm³/mol. The molecule has 0 saturated carbocycles. The number of nitrogens with zero attached hydrogens (tertiary/aromatic N) is 3. The molecule has 1 aliphatic heterocycles. The maximum atomic E-state index is 11.9. The SMILES string of the molecule is COc1ccnc(CN2C[C@@H](CS(=O)(=O)N(C)C)[C@H](O)C2)c1. The van der Waals surface area contributed by atoms with Crippen molar-refractivity contribution >= 4 is 10.0 Å². The van der Waals surface area contributed by atoms with Crippen LogP contribution in [0.5, 0.6) is 5.75 Å². The third kappa shape index (κ3) is 4.16. The van der Waals surface area contributed by atoms with Crippen LogP contribution in [0.1, 0.15) is 5.69 Å². The Kier molecular flexibility index (Phi) is 5.38. The van der Waals surface area contributed by atoms with Gasteiger partial charge in [-0.2, -0.15) is 0 Å². The zero-order chi connectivity index (χ0) is 16.3. The van der Waals surface area contributed by atoms with Gasteiger partial charge in [0.05, 0.1) is 24.7 Å². The lowest BCUT2D eigenvalue weighted by Gasteiger charge is -2.18. The van der Waals surface area contributed by atoms with Crippen molar-refractivity contribution < 1.29 is 18.3 Å². The van der Waals surface area contributed by atoms with Crippen molar-refractivity contribution in [3.05, 3.63) is 24.0 Å². The van der Waals surface area contributed by atoms with E-state index in [2.05, 4.69) is 4.98 Å². The van der Waals surface area contributed by atoms with E-state index < -0.39 is 16.1 Å². The van der Waals surface area contributed by atoms with Crippen LogP contribution in [-0.2, 0) is 16.6 Å². The van der Waals surface area contributed by atoms with Gasteiger partial charge in [0.1, 0.15) is 5.75 Å². The van der Waals surface area contributed by atoms with Gasteiger partial charge in [-0.25, -0.2) is 12.7 Å². The van der Waals surface area contributed by atoms with Gasteiger partial charge < -0.3 is 9.84 Å². The topological polar surface area (TPSA) is 83.0 Å². The largest absolute Gasteiger partial charge is 0.497 e. The third-order valence-electron chi connectivity index (χ3n) is 3.87. The zero-order valence-electron chi connectivity index (χ0n) is 13.1. The Morgan fingerprint density at radius 2 is 2.18 bits per heavy atom. The summed E-state index contributed by atoms with van der Waals surface area (Å²) in [6, 6.07) is 3.62. The number of methoxy groups -OCH3 is 1. The molecule has 2 atom stereocenters. The number of likely N-dealkylation sites (tertiary alicyclic amines) is 1. The number of aromatic nitrogens is 1. The molecule has 2 rings (SSSR count). The summed E-state index contributed by atoms with van der Waals surface area (Å²) in [6.45, 7) is 1.55. The van der Waals surface area contributed by atoms with E-state index in [1.807, 2.05) is 11.0 Å². The Labute approximate surface area is 131 Å². The summed E-state index contributed by atoms with van der Waals surface area (Å²) in [4.78, 5) is 6.29. The molecule has 1 aromatic rings. The van der Waals surface area contributed by atoms with Crippen LogP contribution in [0, 0.1) is 5.92 Å². The van der Waals surface area contributed by atoms with Crippen molar-refractivity contribution in [2.75, 3.05) is 40.0 Å². The van der Waals surface area contributed by atoms with Gasteiger partial charge in [-0.05, 0) is 6.07 Å². The van der Waals surface area contributed by atoms with Crippen LogP contribution in [0.2, 0.25) is 0 Å². The molecule has 0 amide bonds. The van der Waals surface area contributed by atoms with Crippen molar-refractivity contribution in [3.63, 3.8) is 0 Å². The molecule has 0 bridgehead atoms. The summed E-state index contributed by atoms with van der Waals surface area (Å²) in [5.41, 5.74) is 0.836. The Morgan fingerprint density at radius 1 is 1.45 bits per heavy atom. The van der Waals surface area contributed by atoms with Gasteiger partial charge in [0.15, 0.2) is 0 Å². The lowest BCUT2D eigenvalue weighted by atomic mass is 10.1. The highest BCUT2D eigenvalue weighted by molar-refractivity contribution is 7.89. The van der Waals surface area contributed by atoms with E-state index in [0.717, 1.165) is 11.4 Å². The Bertz CT molecular complexity index is 606. The summed E-state index contributed by atoms with van der Waals surface area (Å²) in [5, 5.41) is 10.1. The number of β-amino-alcohol motifs (C(OH)–C–C–N with tert-alkyl or cyclic N) is 1. The molecule has 0 spiro atoms. The van der Waals surface area contributed by atoms with Gasteiger partial charge in [-0.1, -0.05) is 0 Å². The third-order valence-corrected chi connectivity index (χ3v) is 5.83. The molecule has 0 unspecified atom stereocenters. The second-order valence-corrected chi connectivity index (χ2v) is 8.00. The second-order valence-electron chi connectivity index (χ2n) is 5.77. The molecular weight excluding hydrogens is 306 g/mol. The van der Waals surface area contributed by atoms with E-state index in [-0.39, 0.29) is 11.7 Å². The number of ether oxygens (including phenoxy) is 1. The van der Waals surface area contributed by atoms with Crippen LogP contribution >= 0.6 is 0 Å². The van der Waals surface area contributed by atoms with Crippen LogP contribution in [0.15, 0.2) is 18.3 Å². The van der Waals surface area contributed by atoms with E-state index in [1.165, 1.54) is 18.4 Å². The molecule has 1 aromatic heterocycles. The van der Waals surface area contributed by atoms with Gasteiger partial charge in [0.2, 0.25) is 10.0 Å². The Hall–Kier alpha value is -1.22. The molecule has 8 heteroatoms. The normalized spacial score (nSPS) is 23.1. The molecule has 1 N–H and O–H groups in total. The fraction of sp³-hybridized carbons (Fsp3) is 0.643. The number of aliphatic hydroxyl groups is 1. The van der Waals surface area contributed by atoms with Crippen molar-refractivity contribution in [3.8, 4) is 5.75 Å². The Morgan fingerprint density at radius 3 is 2.82 bits per heavy atom. The van der Waals surface area contributed by atoms with Gasteiger partial charge in [0.25, 0.3) is 0 Å². The maximum Gasteiger partial charge on any atom is 0.214 e. The van der Waals surface area contributed by atoms with E-state index in [4.69, 9.17) is 4.74 Å². The highest BCUT2D eigenvalue weighted by Gasteiger charge is 2.35. The number of sulfonamides is 1. The highest BCUT2D eigenvalue weighted by Crippen LogP contribution is 2.22. The number of hydrogen-bond acceptors (Lipinski definition) is 6. The quantitative estimate of drug-likeness (QED) is 0.776. The van der Waals surface area contributed by atoms with E-state index in [0.29, 0.717) is 19.6 Å². The summed E-state index contributed by atoms with van der Waals surface area (Å²) in [6.07, 6.45) is 1.04. The summed E-state index contributed by atoms with van der Waals surface area (Å²) < 4.78 is 30.3. The fourth-order valence-corrected chi connectivity index (χ4v) is 3.72. The highest BCUT2D eigenvalue weighted by atomic mass is 32.2. The minimum atomic E-state index is -3.31. The molecule has 1 aliphatic rings.